The van der Waals surface area contributed by atoms with E-state index in [0.29, 0.717) is 23.6 Å². The highest BCUT2D eigenvalue weighted by Crippen LogP contribution is 2.07. The number of aryl methyl sites for hydroxylation is 1. The predicted octanol–water partition coefficient (Wildman–Crippen LogP) is 0.0858. The molecule has 0 unspecified atom stereocenters. The molecule has 3 aromatic rings. The van der Waals surface area contributed by atoms with Gasteiger partial charge in [0.05, 0.1) is 17.5 Å². The Morgan fingerprint density at radius 2 is 2.32 bits per heavy atom. The fourth-order valence-electron chi connectivity index (χ4n) is 1.76. The molecule has 0 saturated heterocycles. The molecule has 0 bridgehead atoms. The number of hydrogen-bond acceptors (Lipinski definition) is 5. The van der Waals surface area contributed by atoms with Crippen LogP contribution < -0.4 is 5.32 Å². The van der Waals surface area contributed by atoms with Crippen molar-refractivity contribution in [3.05, 3.63) is 41.7 Å². The van der Waals surface area contributed by atoms with Crippen molar-refractivity contribution in [1.82, 2.24) is 35.1 Å². The largest absolute Gasteiger partial charge is 0.348 e. The van der Waals surface area contributed by atoms with E-state index in [4.69, 9.17) is 0 Å². The summed E-state index contributed by atoms with van der Waals surface area (Å²) in [7, 11) is 0. The van der Waals surface area contributed by atoms with E-state index in [1.54, 1.807) is 19.3 Å². The van der Waals surface area contributed by atoms with E-state index in [-0.39, 0.29) is 5.91 Å². The monoisotopic (exact) mass is 257 g/mol. The lowest BCUT2D eigenvalue weighted by Crippen LogP contribution is -2.24. The van der Waals surface area contributed by atoms with Gasteiger partial charge in [0.1, 0.15) is 6.33 Å². The number of fused-ring (bicyclic) bond motifs is 1. The number of H-pyrrole nitrogens is 1. The second-order valence-corrected chi connectivity index (χ2v) is 4.02. The van der Waals surface area contributed by atoms with Crippen LogP contribution >= 0.6 is 0 Å². The zero-order chi connectivity index (χ0) is 13.2. The van der Waals surface area contributed by atoms with E-state index in [2.05, 4.69) is 30.6 Å². The second kappa shape index (κ2) is 4.48. The van der Waals surface area contributed by atoms with Gasteiger partial charge in [-0.15, -0.1) is 0 Å². The Kier molecular flexibility index (Phi) is 2.67. The standard InChI is InChI=1S/C11H11N7O/c1-7-9(5-13-11-14-6-17-18(7)11)10(19)12-2-8-3-15-16-4-8/h3-6H,2H2,1H3,(H,12,19)(H,15,16). The van der Waals surface area contributed by atoms with E-state index in [1.165, 1.54) is 17.0 Å². The van der Waals surface area contributed by atoms with Gasteiger partial charge < -0.3 is 5.32 Å². The minimum absolute atomic E-state index is 0.205. The predicted molar refractivity (Wildman–Crippen MR) is 65.3 cm³/mol. The summed E-state index contributed by atoms with van der Waals surface area (Å²) in [5, 5.41) is 13.3. The number of hydrogen-bond donors (Lipinski definition) is 2. The van der Waals surface area contributed by atoms with Gasteiger partial charge >= 0.3 is 0 Å². The van der Waals surface area contributed by atoms with Gasteiger partial charge in [0.2, 0.25) is 0 Å². The maximum atomic E-state index is 12.1. The first-order chi connectivity index (χ1) is 9.25. The quantitative estimate of drug-likeness (QED) is 0.692. The van der Waals surface area contributed by atoms with Crippen LogP contribution in [0, 0.1) is 6.92 Å². The van der Waals surface area contributed by atoms with Gasteiger partial charge in [-0.3, -0.25) is 9.89 Å². The summed E-state index contributed by atoms with van der Waals surface area (Å²) in [6.07, 6.45) is 6.30. The smallest absolute Gasteiger partial charge is 0.254 e. The van der Waals surface area contributed by atoms with Crippen LogP contribution in [0.5, 0.6) is 0 Å². The van der Waals surface area contributed by atoms with Gasteiger partial charge in [0, 0.05) is 24.5 Å². The summed E-state index contributed by atoms with van der Waals surface area (Å²) >= 11 is 0. The maximum Gasteiger partial charge on any atom is 0.254 e. The van der Waals surface area contributed by atoms with Crippen LogP contribution in [-0.4, -0.2) is 35.7 Å². The van der Waals surface area contributed by atoms with Crippen molar-refractivity contribution in [1.29, 1.82) is 0 Å². The zero-order valence-electron chi connectivity index (χ0n) is 10.2. The first-order valence-corrected chi connectivity index (χ1v) is 5.67. The average molecular weight is 257 g/mol. The first kappa shape index (κ1) is 11.3. The number of nitrogens with zero attached hydrogens (tertiary/aromatic N) is 5. The molecule has 8 nitrogen and oxygen atoms in total. The molecule has 96 valence electrons. The molecule has 0 atom stereocenters. The van der Waals surface area contributed by atoms with Gasteiger partial charge in [-0.25, -0.2) is 9.50 Å². The molecular formula is C11H11N7O. The number of carbonyl (C=O) groups excluding carboxylic acids is 1. The molecule has 3 aromatic heterocycles. The van der Waals surface area contributed by atoms with Gasteiger partial charge in [-0.05, 0) is 6.92 Å². The summed E-state index contributed by atoms with van der Waals surface area (Å²) in [5.74, 6) is 0.271. The topological polar surface area (TPSA) is 101 Å². The van der Waals surface area contributed by atoms with Gasteiger partial charge in [0.15, 0.2) is 0 Å². The van der Waals surface area contributed by atoms with Crippen molar-refractivity contribution in [2.75, 3.05) is 0 Å². The van der Waals surface area contributed by atoms with E-state index in [0.717, 1.165) is 5.56 Å². The van der Waals surface area contributed by atoms with E-state index >= 15 is 0 Å². The van der Waals surface area contributed by atoms with Crippen LogP contribution in [0.15, 0.2) is 24.9 Å². The van der Waals surface area contributed by atoms with Crippen LogP contribution in [0.1, 0.15) is 21.6 Å². The Morgan fingerprint density at radius 3 is 3.11 bits per heavy atom. The minimum Gasteiger partial charge on any atom is -0.348 e. The molecule has 2 N–H and O–H groups in total. The summed E-state index contributed by atoms with van der Waals surface area (Å²) in [6, 6.07) is 0. The van der Waals surface area contributed by atoms with E-state index < -0.39 is 0 Å². The lowest BCUT2D eigenvalue weighted by Gasteiger charge is -2.07. The molecule has 0 aliphatic carbocycles. The first-order valence-electron chi connectivity index (χ1n) is 5.67. The summed E-state index contributed by atoms with van der Waals surface area (Å²) in [4.78, 5) is 20.1. The molecule has 0 aliphatic rings. The third kappa shape index (κ3) is 2.03. The molecule has 19 heavy (non-hydrogen) atoms. The minimum atomic E-state index is -0.205. The molecule has 0 aliphatic heterocycles. The number of carbonyl (C=O) groups is 1. The Balaban J connectivity index is 1.83. The van der Waals surface area contributed by atoms with Crippen molar-refractivity contribution in [3.8, 4) is 0 Å². The fraction of sp³-hybridized carbons (Fsp3) is 0.182. The van der Waals surface area contributed by atoms with Crippen molar-refractivity contribution in [2.24, 2.45) is 0 Å². The van der Waals surface area contributed by atoms with Gasteiger partial charge in [-0.1, -0.05) is 0 Å². The molecule has 0 aromatic carbocycles. The highest BCUT2D eigenvalue weighted by molar-refractivity contribution is 5.95. The molecule has 3 heterocycles. The molecule has 0 fully saturated rings. The molecule has 0 radical (unpaired) electrons. The zero-order valence-corrected chi connectivity index (χ0v) is 10.2. The molecule has 1 amide bonds. The van der Waals surface area contributed by atoms with Crippen LogP contribution in [0.2, 0.25) is 0 Å². The van der Waals surface area contributed by atoms with Gasteiger partial charge in [-0.2, -0.15) is 15.2 Å². The maximum absolute atomic E-state index is 12.1. The number of nitrogens with one attached hydrogen (secondary N) is 2. The van der Waals surface area contributed by atoms with Crippen molar-refractivity contribution < 1.29 is 4.79 Å². The van der Waals surface area contributed by atoms with Crippen LogP contribution in [0.3, 0.4) is 0 Å². The lowest BCUT2D eigenvalue weighted by atomic mass is 10.2. The van der Waals surface area contributed by atoms with E-state index in [9.17, 15) is 4.79 Å². The average Bonchev–Trinajstić information content (AvgIpc) is 3.07. The van der Waals surface area contributed by atoms with Crippen LogP contribution in [0.25, 0.3) is 5.78 Å². The lowest BCUT2D eigenvalue weighted by molar-refractivity contribution is 0.0949. The van der Waals surface area contributed by atoms with Crippen molar-refractivity contribution in [3.63, 3.8) is 0 Å². The highest BCUT2D eigenvalue weighted by Gasteiger charge is 2.13. The summed E-state index contributed by atoms with van der Waals surface area (Å²) in [5.41, 5.74) is 2.08. The fourth-order valence-corrected chi connectivity index (χ4v) is 1.76. The normalized spacial score (nSPS) is 10.8. The van der Waals surface area contributed by atoms with E-state index in [1.807, 2.05) is 0 Å². The Labute approximate surface area is 107 Å². The SMILES string of the molecule is Cc1c(C(=O)NCc2cn[nH]c2)cnc2ncnn12. The Morgan fingerprint density at radius 1 is 1.42 bits per heavy atom. The summed E-state index contributed by atoms with van der Waals surface area (Å²) in [6.45, 7) is 2.21. The number of rotatable bonds is 3. The van der Waals surface area contributed by atoms with Gasteiger partial charge in [0.25, 0.3) is 11.7 Å². The number of aromatic amines is 1. The van der Waals surface area contributed by atoms with Crippen molar-refractivity contribution in [2.45, 2.75) is 13.5 Å². The van der Waals surface area contributed by atoms with Crippen molar-refractivity contribution >= 4 is 11.7 Å². The molecule has 3 rings (SSSR count). The highest BCUT2D eigenvalue weighted by atomic mass is 16.1. The third-order valence-electron chi connectivity index (χ3n) is 2.80. The molecule has 8 heteroatoms. The second-order valence-electron chi connectivity index (χ2n) is 4.02. The number of amides is 1. The molecular weight excluding hydrogens is 246 g/mol. The van der Waals surface area contributed by atoms with Crippen LogP contribution in [0.4, 0.5) is 0 Å². The summed E-state index contributed by atoms with van der Waals surface area (Å²) < 4.78 is 1.53. The van der Waals surface area contributed by atoms with Crippen LogP contribution in [-0.2, 0) is 6.54 Å². The Hall–Kier alpha value is -2.77. The molecule has 0 saturated carbocycles. The molecule has 0 spiro atoms. The number of aromatic nitrogens is 6. The Bertz CT molecular complexity index is 716. The third-order valence-corrected chi connectivity index (χ3v) is 2.80.